The summed E-state index contributed by atoms with van der Waals surface area (Å²) in [5.41, 5.74) is 2.32. The molecule has 3 heteroatoms. The van der Waals surface area contributed by atoms with Gasteiger partial charge < -0.3 is 14.4 Å². The summed E-state index contributed by atoms with van der Waals surface area (Å²) in [6.45, 7) is 5.40. The van der Waals surface area contributed by atoms with Gasteiger partial charge in [0.1, 0.15) is 11.5 Å². The molecule has 0 saturated heterocycles. The lowest BCUT2D eigenvalue weighted by Crippen LogP contribution is -2.22. The highest BCUT2D eigenvalue weighted by atomic mass is 16.5. The highest BCUT2D eigenvalue weighted by Gasteiger charge is 2.11. The normalized spacial score (nSPS) is 10.5. The maximum absolute atomic E-state index is 5.23. The first-order chi connectivity index (χ1) is 10.1. The van der Waals surface area contributed by atoms with E-state index in [9.17, 15) is 0 Å². The Kier molecular flexibility index (Phi) is 5.09. The fourth-order valence-electron chi connectivity index (χ4n) is 2.25. The van der Waals surface area contributed by atoms with Crippen molar-refractivity contribution in [2.24, 2.45) is 5.92 Å². The molecular formula is C18H23NO2. The molecule has 21 heavy (non-hydrogen) atoms. The molecule has 0 heterocycles. The van der Waals surface area contributed by atoms with Gasteiger partial charge in [0.2, 0.25) is 0 Å². The van der Waals surface area contributed by atoms with E-state index in [1.165, 1.54) is 0 Å². The van der Waals surface area contributed by atoms with Crippen LogP contribution in [0.25, 0.3) is 0 Å². The van der Waals surface area contributed by atoms with E-state index in [0.717, 1.165) is 29.4 Å². The number of hydrogen-bond donors (Lipinski definition) is 0. The molecule has 0 N–H and O–H groups in total. The Morgan fingerprint density at radius 3 is 1.43 bits per heavy atom. The molecule has 0 atom stereocenters. The zero-order valence-electron chi connectivity index (χ0n) is 13.2. The fraction of sp³-hybridized carbons (Fsp3) is 0.333. The van der Waals surface area contributed by atoms with Crippen LogP contribution in [-0.4, -0.2) is 20.8 Å². The molecule has 0 aromatic heterocycles. The monoisotopic (exact) mass is 285 g/mol. The predicted molar refractivity (Wildman–Crippen MR) is 87.8 cm³/mol. The minimum Gasteiger partial charge on any atom is -0.497 e. The molecule has 0 aliphatic carbocycles. The third-order valence-electron chi connectivity index (χ3n) is 3.32. The van der Waals surface area contributed by atoms with Gasteiger partial charge in [-0.2, -0.15) is 0 Å². The predicted octanol–water partition coefficient (Wildman–Crippen LogP) is 4.50. The van der Waals surface area contributed by atoms with E-state index in [1.54, 1.807) is 14.2 Å². The van der Waals surface area contributed by atoms with Crippen molar-refractivity contribution in [2.75, 3.05) is 25.7 Å². The van der Waals surface area contributed by atoms with E-state index in [1.807, 2.05) is 24.3 Å². The van der Waals surface area contributed by atoms with Crippen LogP contribution >= 0.6 is 0 Å². The Hall–Kier alpha value is -2.16. The summed E-state index contributed by atoms with van der Waals surface area (Å²) >= 11 is 0. The number of anilines is 2. The van der Waals surface area contributed by atoms with Crippen molar-refractivity contribution in [2.45, 2.75) is 13.8 Å². The van der Waals surface area contributed by atoms with Gasteiger partial charge in [-0.1, -0.05) is 13.8 Å². The molecule has 0 unspecified atom stereocenters. The third-order valence-corrected chi connectivity index (χ3v) is 3.32. The largest absolute Gasteiger partial charge is 0.497 e. The standard InChI is InChI=1S/C18H23NO2/c1-14(2)13-19(15-5-9-17(20-3)10-6-15)16-7-11-18(21-4)12-8-16/h5-12,14H,13H2,1-4H3. The van der Waals surface area contributed by atoms with Gasteiger partial charge >= 0.3 is 0 Å². The van der Waals surface area contributed by atoms with Gasteiger partial charge in [-0.3, -0.25) is 0 Å². The first kappa shape index (κ1) is 15.2. The molecule has 0 radical (unpaired) electrons. The zero-order valence-corrected chi connectivity index (χ0v) is 13.2. The summed E-state index contributed by atoms with van der Waals surface area (Å²) < 4.78 is 10.5. The van der Waals surface area contributed by atoms with Crippen LogP contribution in [-0.2, 0) is 0 Å². The lowest BCUT2D eigenvalue weighted by Gasteiger charge is -2.27. The Balaban J connectivity index is 2.31. The van der Waals surface area contributed by atoms with Gasteiger partial charge in [-0.25, -0.2) is 0 Å². The number of methoxy groups -OCH3 is 2. The van der Waals surface area contributed by atoms with Gasteiger partial charge in [-0.15, -0.1) is 0 Å². The lowest BCUT2D eigenvalue weighted by molar-refractivity contribution is 0.415. The number of benzene rings is 2. The molecule has 112 valence electrons. The number of hydrogen-bond acceptors (Lipinski definition) is 3. The van der Waals surface area contributed by atoms with Gasteiger partial charge in [-0.05, 0) is 54.4 Å². The van der Waals surface area contributed by atoms with Crippen LogP contribution in [0, 0.1) is 5.92 Å². The van der Waals surface area contributed by atoms with Crippen molar-refractivity contribution < 1.29 is 9.47 Å². The molecule has 0 fully saturated rings. The molecule has 2 aromatic rings. The Bertz CT molecular complexity index is 499. The summed E-state index contributed by atoms with van der Waals surface area (Å²) in [6.07, 6.45) is 0. The zero-order chi connectivity index (χ0) is 15.2. The number of ether oxygens (including phenoxy) is 2. The van der Waals surface area contributed by atoms with Gasteiger partial charge in [0.25, 0.3) is 0 Å². The van der Waals surface area contributed by atoms with E-state index in [4.69, 9.17) is 9.47 Å². The Morgan fingerprint density at radius 2 is 1.14 bits per heavy atom. The van der Waals surface area contributed by atoms with Crippen LogP contribution in [0.3, 0.4) is 0 Å². The van der Waals surface area contributed by atoms with Crippen molar-refractivity contribution >= 4 is 11.4 Å². The highest BCUT2D eigenvalue weighted by molar-refractivity contribution is 5.64. The van der Waals surface area contributed by atoms with E-state index < -0.39 is 0 Å². The Labute approximate surface area is 127 Å². The van der Waals surface area contributed by atoms with E-state index in [0.29, 0.717) is 5.92 Å². The quantitative estimate of drug-likeness (QED) is 0.780. The van der Waals surface area contributed by atoms with Crippen molar-refractivity contribution in [3.63, 3.8) is 0 Å². The fourth-order valence-corrected chi connectivity index (χ4v) is 2.25. The smallest absolute Gasteiger partial charge is 0.119 e. The van der Waals surface area contributed by atoms with Crippen LogP contribution in [0.2, 0.25) is 0 Å². The molecule has 2 rings (SSSR count). The second-order valence-electron chi connectivity index (χ2n) is 5.40. The van der Waals surface area contributed by atoms with Crippen molar-refractivity contribution in [1.29, 1.82) is 0 Å². The van der Waals surface area contributed by atoms with Gasteiger partial charge in [0.05, 0.1) is 14.2 Å². The van der Waals surface area contributed by atoms with Crippen LogP contribution < -0.4 is 14.4 Å². The summed E-state index contributed by atoms with van der Waals surface area (Å²) in [6, 6.07) is 16.3. The molecule has 0 aliphatic heterocycles. The lowest BCUT2D eigenvalue weighted by atomic mass is 10.1. The Morgan fingerprint density at radius 1 is 0.762 bits per heavy atom. The second kappa shape index (κ2) is 7.02. The minimum absolute atomic E-state index is 0.564. The molecule has 0 amide bonds. The topological polar surface area (TPSA) is 21.7 Å². The van der Waals surface area contributed by atoms with E-state index in [2.05, 4.69) is 43.0 Å². The number of rotatable bonds is 6. The molecule has 0 bridgehead atoms. The summed E-state index contributed by atoms with van der Waals surface area (Å²) in [7, 11) is 3.37. The molecule has 2 aromatic carbocycles. The van der Waals surface area contributed by atoms with Crippen LogP contribution in [0.5, 0.6) is 11.5 Å². The van der Waals surface area contributed by atoms with E-state index >= 15 is 0 Å². The molecule has 0 spiro atoms. The molecular weight excluding hydrogens is 262 g/mol. The number of nitrogens with zero attached hydrogens (tertiary/aromatic N) is 1. The van der Waals surface area contributed by atoms with E-state index in [-0.39, 0.29) is 0 Å². The molecule has 3 nitrogen and oxygen atoms in total. The summed E-state index contributed by atoms with van der Waals surface area (Å²) in [4.78, 5) is 2.31. The third kappa shape index (κ3) is 3.91. The van der Waals surface area contributed by atoms with Gasteiger partial charge in [0.15, 0.2) is 0 Å². The average molecular weight is 285 g/mol. The average Bonchev–Trinajstić information content (AvgIpc) is 2.53. The van der Waals surface area contributed by atoms with Gasteiger partial charge in [0, 0.05) is 17.9 Å². The summed E-state index contributed by atoms with van der Waals surface area (Å²) in [5, 5.41) is 0. The van der Waals surface area contributed by atoms with Crippen LogP contribution in [0.4, 0.5) is 11.4 Å². The van der Waals surface area contributed by atoms with Crippen molar-refractivity contribution in [1.82, 2.24) is 0 Å². The second-order valence-corrected chi connectivity index (χ2v) is 5.40. The summed E-state index contributed by atoms with van der Waals surface area (Å²) in [5.74, 6) is 2.31. The molecule has 0 saturated carbocycles. The molecule has 0 aliphatic rings. The minimum atomic E-state index is 0.564. The SMILES string of the molecule is COc1ccc(N(CC(C)C)c2ccc(OC)cc2)cc1. The van der Waals surface area contributed by atoms with Crippen LogP contribution in [0.15, 0.2) is 48.5 Å². The van der Waals surface area contributed by atoms with Crippen LogP contribution in [0.1, 0.15) is 13.8 Å². The maximum Gasteiger partial charge on any atom is 0.119 e. The first-order valence-electron chi connectivity index (χ1n) is 7.19. The highest BCUT2D eigenvalue weighted by Crippen LogP contribution is 2.29. The maximum atomic E-state index is 5.23. The first-order valence-corrected chi connectivity index (χ1v) is 7.19. The van der Waals surface area contributed by atoms with Crippen molar-refractivity contribution in [3.05, 3.63) is 48.5 Å². The van der Waals surface area contributed by atoms with Crippen molar-refractivity contribution in [3.8, 4) is 11.5 Å².